The molecule has 0 fully saturated rings. The Bertz CT molecular complexity index is 635. The molecule has 1 aromatic carbocycles. The van der Waals surface area contributed by atoms with Crippen molar-refractivity contribution in [2.45, 2.75) is 60.3 Å². The number of fused-ring (bicyclic) bond motifs is 1. The second kappa shape index (κ2) is 12.0. The number of nitrogens with two attached hydrogens (primary N) is 1. The van der Waals surface area contributed by atoms with Gasteiger partial charge in [0.15, 0.2) is 0 Å². The van der Waals surface area contributed by atoms with Gasteiger partial charge in [-0.15, -0.1) is 11.3 Å². The number of hydrogen-bond donors (Lipinski definition) is 1. The van der Waals surface area contributed by atoms with Crippen molar-refractivity contribution in [3.05, 3.63) is 23.2 Å². The maximum Gasteiger partial charge on any atom is 0.0964 e. The van der Waals surface area contributed by atoms with Gasteiger partial charge >= 0.3 is 0 Å². The van der Waals surface area contributed by atoms with E-state index in [1.54, 1.807) is 18.3 Å². The highest BCUT2D eigenvalue weighted by Gasteiger charge is 2.04. The fourth-order valence-corrected chi connectivity index (χ4v) is 3.58. The number of unbranched alkanes of at least 4 members (excludes halogenated alkanes) is 2. The Morgan fingerprint density at radius 2 is 1.80 bits per heavy atom. The first-order chi connectivity index (χ1) is 12.0. The zero-order valence-corrected chi connectivity index (χ0v) is 17.3. The van der Waals surface area contributed by atoms with Crippen LogP contribution in [0.3, 0.4) is 0 Å². The average Bonchev–Trinajstić information content (AvgIpc) is 2.99. The zero-order chi connectivity index (χ0) is 18.7. The minimum absolute atomic E-state index is 0.585. The number of aryl methyl sites for hydroxylation is 1. The van der Waals surface area contributed by atoms with E-state index in [2.05, 4.69) is 48.6 Å². The quantitative estimate of drug-likeness (QED) is 0.389. The minimum Gasteiger partial charge on any atom is -0.387 e. The van der Waals surface area contributed by atoms with Gasteiger partial charge in [-0.25, -0.2) is 9.98 Å². The third kappa shape index (κ3) is 7.97. The van der Waals surface area contributed by atoms with Crippen LogP contribution in [-0.2, 0) is 6.42 Å². The Hall–Kier alpha value is -1.46. The van der Waals surface area contributed by atoms with Crippen molar-refractivity contribution < 1.29 is 0 Å². The second-order valence-corrected chi connectivity index (χ2v) is 7.20. The number of thiazole rings is 1. The summed E-state index contributed by atoms with van der Waals surface area (Å²) in [6, 6.07) is 6.05. The van der Waals surface area contributed by atoms with Crippen molar-refractivity contribution in [3.8, 4) is 0 Å². The maximum atomic E-state index is 5.59. The number of nitrogens with zero attached hydrogens (tertiary/aromatic N) is 3. The first-order valence-electron chi connectivity index (χ1n) is 9.46. The molecular formula is C20H34N4S. The van der Waals surface area contributed by atoms with E-state index < -0.39 is 0 Å². The fraction of sp³-hybridized carbons (Fsp3) is 0.600. The number of hydrogen-bond acceptors (Lipinski definition) is 4. The van der Waals surface area contributed by atoms with Gasteiger partial charge in [0.1, 0.15) is 0 Å². The van der Waals surface area contributed by atoms with Gasteiger partial charge in [0, 0.05) is 0 Å². The van der Waals surface area contributed by atoms with E-state index in [-0.39, 0.29) is 0 Å². The SMILES string of the molecule is CCCCCc1nc2ccc(N=C(C)N)cc2s1.CCN(CC)CC. The van der Waals surface area contributed by atoms with Crippen molar-refractivity contribution in [2.75, 3.05) is 19.6 Å². The molecule has 2 N–H and O–H groups in total. The van der Waals surface area contributed by atoms with Crippen LogP contribution < -0.4 is 5.73 Å². The largest absolute Gasteiger partial charge is 0.387 e. The molecule has 0 aliphatic carbocycles. The Morgan fingerprint density at radius 3 is 2.32 bits per heavy atom. The summed E-state index contributed by atoms with van der Waals surface area (Å²) < 4.78 is 1.20. The van der Waals surface area contributed by atoms with Crippen molar-refractivity contribution in [1.82, 2.24) is 9.88 Å². The Labute approximate surface area is 157 Å². The predicted octanol–water partition coefficient (Wildman–Crippen LogP) is 5.39. The van der Waals surface area contributed by atoms with Crippen molar-refractivity contribution in [1.29, 1.82) is 0 Å². The Balaban J connectivity index is 0.000000381. The fourth-order valence-electron chi connectivity index (χ4n) is 2.54. The highest BCUT2D eigenvalue weighted by molar-refractivity contribution is 7.18. The number of amidine groups is 1. The van der Waals surface area contributed by atoms with Crippen LogP contribution in [0, 0.1) is 0 Å². The molecule has 25 heavy (non-hydrogen) atoms. The summed E-state index contributed by atoms with van der Waals surface area (Å²) >= 11 is 1.77. The van der Waals surface area contributed by atoms with Gasteiger partial charge in [-0.3, -0.25) is 0 Å². The molecule has 4 nitrogen and oxygen atoms in total. The standard InChI is InChI=1S/C14H19N3S.C6H15N/c1-3-4-5-6-14-17-12-8-7-11(16-10(2)15)9-13(12)18-14;1-4-7(5-2)6-3/h7-9H,3-6H2,1-2H3,(H2,15,16);4-6H2,1-3H3. The van der Waals surface area contributed by atoms with Crippen LogP contribution in [-0.4, -0.2) is 35.4 Å². The van der Waals surface area contributed by atoms with Crippen LogP contribution in [0.15, 0.2) is 23.2 Å². The molecule has 0 aliphatic heterocycles. The van der Waals surface area contributed by atoms with E-state index in [1.165, 1.54) is 48.6 Å². The van der Waals surface area contributed by atoms with Gasteiger partial charge in [0.25, 0.3) is 0 Å². The molecule has 0 unspecified atom stereocenters. The highest BCUT2D eigenvalue weighted by Crippen LogP contribution is 2.27. The molecule has 2 aromatic rings. The van der Waals surface area contributed by atoms with E-state index in [4.69, 9.17) is 5.73 Å². The Morgan fingerprint density at radius 1 is 1.12 bits per heavy atom. The predicted molar refractivity (Wildman–Crippen MR) is 113 cm³/mol. The molecule has 1 aromatic heterocycles. The van der Waals surface area contributed by atoms with Gasteiger partial charge in [-0.05, 0) is 57.6 Å². The summed E-state index contributed by atoms with van der Waals surface area (Å²) in [6.07, 6.45) is 4.84. The third-order valence-electron chi connectivity index (χ3n) is 4.06. The molecule has 0 spiro atoms. The van der Waals surface area contributed by atoms with Crippen LogP contribution in [0.2, 0.25) is 0 Å². The van der Waals surface area contributed by atoms with Gasteiger partial charge < -0.3 is 10.6 Å². The lowest BCUT2D eigenvalue weighted by Gasteiger charge is -2.13. The van der Waals surface area contributed by atoms with Crippen molar-refractivity contribution >= 4 is 33.1 Å². The smallest absolute Gasteiger partial charge is 0.0964 e. The summed E-state index contributed by atoms with van der Waals surface area (Å²) in [6.45, 7) is 14.1. The molecule has 140 valence electrons. The normalized spacial score (nSPS) is 11.7. The minimum atomic E-state index is 0.585. The zero-order valence-electron chi connectivity index (χ0n) is 16.5. The lowest BCUT2D eigenvalue weighted by molar-refractivity contribution is 0.321. The molecule has 0 radical (unpaired) electrons. The van der Waals surface area contributed by atoms with Crippen LogP contribution in [0.4, 0.5) is 5.69 Å². The van der Waals surface area contributed by atoms with Crippen molar-refractivity contribution in [3.63, 3.8) is 0 Å². The van der Waals surface area contributed by atoms with E-state index in [0.717, 1.165) is 17.6 Å². The molecule has 2 rings (SSSR count). The van der Waals surface area contributed by atoms with Gasteiger partial charge in [0.05, 0.1) is 26.7 Å². The van der Waals surface area contributed by atoms with Crippen LogP contribution in [0.5, 0.6) is 0 Å². The lowest BCUT2D eigenvalue weighted by Crippen LogP contribution is -2.21. The number of benzene rings is 1. The van der Waals surface area contributed by atoms with Crippen LogP contribution in [0.25, 0.3) is 10.2 Å². The number of rotatable bonds is 8. The van der Waals surface area contributed by atoms with Crippen LogP contribution in [0.1, 0.15) is 58.9 Å². The first-order valence-corrected chi connectivity index (χ1v) is 10.3. The summed E-state index contributed by atoms with van der Waals surface area (Å²) in [4.78, 5) is 11.3. The first kappa shape index (κ1) is 21.6. The summed E-state index contributed by atoms with van der Waals surface area (Å²) in [7, 11) is 0. The monoisotopic (exact) mass is 362 g/mol. The van der Waals surface area contributed by atoms with Crippen LogP contribution >= 0.6 is 11.3 Å². The topological polar surface area (TPSA) is 54.5 Å². The summed E-state index contributed by atoms with van der Waals surface area (Å²) in [5.74, 6) is 0.585. The lowest BCUT2D eigenvalue weighted by atomic mass is 10.2. The molecular weight excluding hydrogens is 328 g/mol. The molecule has 0 bridgehead atoms. The second-order valence-electron chi connectivity index (χ2n) is 6.09. The highest BCUT2D eigenvalue weighted by atomic mass is 32.1. The number of aliphatic imine (C=N–C) groups is 1. The van der Waals surface area contributed by atoms with Gasteiger partial charge in [-0.1, -0.05) is 40.5 Å². The molecule has 0 atom stereocenters. The summed E-state index contributed by atoms with van der Waals surface area (Å²) in [5, 5.41) is 1.23. The summed E-state index contributed by atoms with van der Waals surface area (Å²) in [5.41, 5.74) is 7.57. The molecule has 0 saturated heterocycles. The molecule has 1 heterocycles. The molecule has 0 saturated carbocycles. The van der Waals surface area contributed by atoms with Gasteiger partial charge in [-0.2, -0.15) is 0 Å². The third-order valence-corrected chi connectivity index (χ3v) is 5.14. The molecule has 0 amide bonds. The maximum absolute atomic E-state index is 5.59. The number of aromatic nitrogens is 1. The van der Waals surface area contributed by atoms with E-state index in [0.29, 0.717) is 5.84 Å². The van der Waals surface area contributed by atoms with E-state index in [9.17, 15) is 0 Å². The van der Waals surface area contributed by atoms with Crippen molar-refractivity contribution in [2.24, 2.45) is 10.7 Å². The van der Waals surface area contributed by atoms with E-state index in [1.807, 2.05) is 12.1 Å². The van der Waals surface area contributed by atoms with Gasteiger partial charge in [0.2, 0.25) is 0 Å². The average molecular weight is 363 g/mol. The van der Waals surface area contributed by atoms with E-state index >= 15 is 0 Å². The Kier molecular flexibility index (Phi) is 10.3. The molecule has 0 aliphatic rings. The molecule has 5 heteroatoms.